The molecule has 0 fully saturated rings. The molecule has 26 heavy (non-hydrogen) atoms. The van der Waals surface area contributed by atoms with E-state index in [-0.39, 0.29) is 17.1 Å². The molecule has 0 aliphatic heterocycles. The van der Waals surface area contributed by atoms with E-state index in [1.54, 1.807) is 51.3 Å². The van der Waals surface area contributed by atoms with Crippen molar-refractivity contribution >= 4 is 16.0 Å². The normalized spacial score (nSPS) is 11.4. The molecule has 0 aromatic heterocycles. The molecular formula is C19H23NO5S. The fourth-order valence-electron chi connectivity index (χ4n) is 2.45. The Labute approximate surface area is 154 Å². The van der Waals surface area contributed by atoms with Gasteiger partial charge < -0.3 is 9.47 Å². The average Bonchev–Trinajstić information content (AvgIpc) is 2.67. The Hall–Kier alpha value is -2.38. The highest BCUT2D eigenvalue weighted by Gasteiger charge is 2.22. The molecule has 0 heterocycles. The van der Waals surface area contributed by atoms with E-state index in [2.05, 4.69) is 0 Å². The van der Waals surface area contributed by atoms with E-state index in [9.17, 15) is 13.2 Å². The van der Waals surface area contributed by atoms with Crippen LogP contribution in [-0.4, -0.2) is 38.9 Å². The number of rotatable bonds is 8. The van der Waals surface area contributed by atoms with E-state index < -0.39 is 16.0 Å². The van der Waals surface area contributed by atoms with Crippen molar-refractivity contribution in [2.45, 2.75) is 25.3 Å². The molecule has 0 unspecified atom stereocenters. The minimum Gasteiger partial charge on any atom is -0.497 e. The molecule has 0 bridgehead atoms. The lowest BCUT2D eigenvalue weighted by atomic mass is 10.2. The third-order valence-corrected chi connectivity index (χ3v) is 5.99. The van der Waals surface area contributed by atoms with Gasteiger partial charge in [0.25, 0.3) is 0 Å². The fourth-order valence-corrected chi connectivity index (χ4v) is 3.95. The molecule has 0 saturated heterocycles. The third-order valence-electron chi connectivity index (χ3n) is 3.94. The number of sulfonamides is 1. The first-order valence-corrected chi connectivity index (χ1v) is 9.76. The minimum absolute atomic E-state index is 0.0834. The van der Waals surface area contributed by atoms with Crippen LogP contribution < -0.4 is 4.74 Å². The van der Waals surface area contributed by atoms with Crippen molar-refractivity contribution in [3.05, 3.63) is 59.7 Å². The van der Waals surface area contributed by atoms with Crippen LogP contribution in [0.15, 0.2) is 53.4 Å². The maximum Gasteiger partial charge on any atom is 0.338 e. The molecule has 0 saturated carbocycles. The molecule has 2 rings (SSSR count). The topological polar surface area (TPSA) is 72.9 Å². The summed E-state index contributed by atoms with van der Waals surface area (Å²) in [4.78, 5) is 12.4. The van der Waals surface area contributed by atoms with Crippen LogP contribution in [0.1, 0.15) is 29.8 Å². The molecular weight excluding hydrogens is 354 g/mol. The molecule has 0 radical (unpaired) electrons. The summed E-state index contributed by atoms with van der Waals surface area (Å²) >= 11 is 0. The van der Waals surface area contributed by atoms with E-state index in [0.29, 0.717) is 13.1 Å². The van der Waals surface area contributed by atoms with Crippen LogP contribution in [0.4, 0.5) is 0 Å². The Morgan fingerprint density at radius 1 is 1.04 bits per heavy atom. The van der Waals surface area contributed by atoms with Gasteiger partial charge in [-0.2, -0.15) is 4.31 Å². The van der Waals surface area contributed by atoms with Crippen LogP contribution in [-0.2, 0) is 21.4 Å². The second-order valence-electron chi connectivity index (χ2n) is 5.54. The monoisotopic (exact) mass is 377 g/mol. The third kappa shape index (κ3) is 4.62. The summed E-state index contributed by atoms with van der Waals surface area (Å²) in [6.07, 6.45) is 0. The zero-order valence-corrected chi connectivity index (χ0v) is 16.0. The van der Waals surface area contributed by atoms with Crippen molar-refractivity contribution in [3.63, 3.8) is 0 Å². The van der Waals surface area contributed by atoms with E-state index >= 15 is 0 Å². The number of carbonyl (C=O) groups excluding carboxylic acids is 1. The molecule has 0 aliphatic rings. The van der Waals surface area contributed by atoms with Gasteiger partial charge in [-0.25, -0.2) is 13.2 Å². The molecule has 0 spiro atoms. The number of hydrogen-bond acceptors (Lipinski definition) is 5. The average molecular weight is 377 g/mol. The quantitative estimate of drug-likeness (QED) is 0.661. The summed E-state index contributed by atoms with van der Waals surface area (Å²) in [5.74, 6) is 0.145. The fraction of sp³-hybridized carbons (Fsp3) is 0.316. The van der Waals surface area contributed by atoms with E-state index in [1.165, 1.54) is 22.5 Å². The molecule has 140 valence electrons. The highest BCUT2D eigenvalue weighted by Crippen LogP contribution is 2.18. The summed E-state index contributed by atoms with van der Waals surface area (Å²) in [5, 5.41) is 0. The van der Waals surface area contributed by atoms with Crippen molar-refractivity contribution in [1.29, 1.82) is 0 Å². The SMILES string of the molecule is CCN(CC)S(=O)(=O)c1cccc(C(=O)OCc2ccc(OC)cc2)c1. The number of methoxy groups -OCH3 is 1. The molecule has 0 N–H and O–H groups in total. The lowest BCUT2D eigenvalue weighted by molar-refractivity contribution is 0.0472. The summed E-state index contributed by atoms with van der Waals surface area (Å²) in [6.45, 7) is 4.37. The van der Waals surface area contributed by atoms with Crippen molar-refractivity contribution in [1.82, 2.24) is 4.31 Å². The van der Waals surface area contributed by atoms with Crippen molar-refractivity contribution in [2.75, 3.05) is 20.2 Å². The van der Waals surface area contributed by atoms with Gasteiger partial charge in [0.1, 0.15) is 12.4 Å². The predicted molar refractivity (Wildman–Crippen MR) is 98.7 cm³/mol. The van der Waals surface area contributed by atoms with Crippen molar-refractivity contribution in [2.24, 2.45) is 0 Å². The molecule has 7 heteroatoms. The van der Waals surface area contributed by atoms with Crippen LogP contribution in [0.5, 0.6) is 5.75 Å². The lowest BCUT2D eigenvalue weighted by Gasteiger charge is -2.18. The summed E-state index contributed by atoms with van der Waals surface area (Å²) in [7, 11) is -2.04. The highest BCUT2D eigenvalue weighted by atomic mass is 32.2. The molecule has 2 aromatic rings. The van der Waals surface area contributed by atoms with Crippen LogP contribution in [0.25, 0.3) is 0 Å². The number of carbonyl (C=O) groups is 1. The van der Waals surface area contributed by atoms with Crippen molar-refractivity contribution in [3.8, 4) is 5.75 Å². The predicted octanol–water partition coefficient (Wildman–Crippen LogP) is 3.08. The maximum absolute atomic E-state index is 12.6. The number of ether oxygens (including phenoxy) is 2. The van der Waals surface area contributed by atoms with E-state index in [0.717, 1.165) is 11.3 Å². The van der Waals surface area contributed by atoms with Gasteiger partial charge >= 0.3 is 5.97 Å². The van der Waals surface area contributed by atoms with Gasteiger partial charge in [-0.3, -0.25) is 0 Å². The Balaban J connectivity index is 2.12. The van der Waals surface area contributed by atoms with Crippen LogP contribution >= 0.6 is 0 Å². The Morgan fingerprint density at radius 3 is 2.27 bits per heavy atom. The largest absolute Gasteiger partial charge is 0.497 e. The molecule has 2 aromatic carbocycles. The second kappa shape index (κ2) is 8.82. The first kappa shape index (κ1) is 19.9. The first-order chi connectivity index (χ1) is 12.4. The van der Waals surface area contributed by atoms with Gasteiger partial charge in [0, 0.05) is 13.1 Å². The molecule has 0 atom stereocenters. The zero-order chi connectivity index (χ0) is 19.2. The number of benzene rings is 2. The van der Waals surface area contributed by atoms with E-state index in [1.807, 2.05) is 0 Å². The summed E-state index contributed by atoms with van der Waals surface area (Å²) in [6, 6.07) is 13.1. The van der Waals surface area contributed by atoms with Gasteiger partial charge in [0.15, 0.2) is 0 Å². The van der Waals surface area contributed by atoms with Gasteiger partial charge in [0.2, 0.25) is 10.0 Å². The standard InChI is InChI=1S/C19H23NO5S/c1-4-20(5-2)26(22,23)18-8-6-7-16(13-18)19(21)25-14-15-9-11-17(24-3)12-10-15/h6-13H,4-5,14H2,1-3H3. The molecule has 6 nitrogen and oxygen atoms in total. The number of esters is 1. The van der Waals surface area contributed by atoms with Crippen LogP contribution in [0.2, 0.25) is 0 Å². The molecule has 0 amide bonds. The van der Waals surface area contributed by atoms with Crippen LogP contribution in [0.3, 0.4) is 0 Å². The zero-order valence-electron chi connectivity index (χ0n) is 15.1. The van der Waals surface area contributed by atoms with Gasteiger partial charge in [0.05, 0.1) is 17.6 Å². The maximum atomic E-state index is 12.6. The first-order valence-electron chi connectivity index (χ1n) is 8.32. The van der Waals surface area contributed by atoms with Crippen LogP contribution in [0, 0.1) is 0 Å². The van der Waals surface area contributed by atoms with Gasteiger partial charge in [-0.15, -0.1) is 0 Å². The number of nitrogens with zero attached hydrogens (tertiary/aromatic N) is 1. The highest BCUT2D eigenvalue weighted by molar-refractivity contribution is 7.89. The summed E-state index contributed by atoms with van der Waals surface area (Å²) < 4.78 is 36.8. The van der Waals surface area contributed by atoms with Gasteiger partial charge in [-0.05, 0) is 35.9 Å². The van der Waals surface area contributed by atoms with E-state index in [4.69, 9.17) is 9.47 Å². The molecule has 0 aliphatic carbocycles. The smallest absolute Gasteiger partial charge is 0.338 e. The summed E-state index contributed by atoms with van der Waals surface area (Å²) in [5.41, 5.74) is 1.01. The van der Waals surface area contributed by atoms with Crippen molar-refractivity contribution < 1.29 is 22.7 Å². The minimum atomic E-state index is -3.62. The second-order valence-corrected chi connectivity index (χ2v) is 7.48. The Bertz CT molecular complexity index is 842. The Kier molecular flexibility index (Phi) is 6.76. The number of hydrogen-bond donors (Lipinski definition) is 0. The Morgan fingerprint density at radius 2 is 1.69 bits per heavy atom. The lowest BCUT2D eigenvalue weighted by Crippen LogP contribution is -2.30. The van der Waals surface area contributed by atoms with Gasteiger partial charge in [-0.1, -0.05) is 32.0 Å².